The highest BCUT2D eigenvalue weighted by Crippen LogP contribution is 2.32. The molecule has 0 aliphatic heterocycles. The van der Waals surface area contributed by atoms with Crippen LogP contribution in [0, 0.1) is 0 Å². The van der Waals surface area contributed by atoms with Crippen molar-refractivity contribution in [1.82, 2.24) is 9.97 Å². The molecular weight excluding hydrogens is 300 g/mol. The summed E-state index contributed by atoms with van der Waals surface area (Å²) in [5.41, 5.74) is 2.21. The standard InChI is InChI=1S/C17H15ClN2S/c1-11(2)12-7-9-13(10-8-12)21-16-14-5-3-4-6-15(14)19-17(18)20-16/h3-11H,1-2H3. The third-order valence-electron chi connectivity index (χ3n) is 3.30. The fraction of sp³-hybridized carbons (Fsp3) is 0.176. The van der Waals surface area contributed by atoms with Crippen molar-refractivity contribution in [1.29, 1.82) is 0 Å². The van der Waals surface area contributed by atoms with Gasteiger partial charge >= 0.3 is 0 Å². The second-order valence-corrected chi connectivity index (χ2v) is 6.54. The molecule has 0 saturated carbocycles. The van der Waals surface area contributed by atoms with Crippen LogP contribution in [0.5, 0.6) is 0 Å². The Bertz CT molecular complexity index is 769. The fourth-order valence-electron chi connectivity index (χ4n) is 2.13. The highest BCUT2D eigenvalue weighted by Gasteiger charge is 2.08. The van der Waals surface area contributed by atoms with Crippen molar-refractivity contribution in [2.75, 3.05) is 0 Å². The van der Waals surface area contributed by atoms with Gasteiger partial charge in [-0.15, -0.1) is 0 Å². The molecule has 0 fully saturated rings. The van der Waals surface area contributed by atoms with Crippen LogP contribution in [0.25, 0.3) is 10.9 Å². The topological polar surface area (TPSA) is 25.8 Å². The summed E-state index contributed by atoms with van der Waals surface area (Å²) in [6, 6.07) is 16.5. The molecule has 0 amide bonds. The van der Waals surface area contributed by atoms with E-state index in [9.17, 15) is 0 Å². The van der Waals surface area contributed by atoms with Crippen molar-refractivity contribution < 1.29 is 0 Å². The molecule has 0 N–H and O–H groups in total. The molecule has 3 rings (SSSR count). The normalized spacial score (nSPS) is 11.2. The van der Waals surface area contributed by atoms with Gasteiger partial charge in [-0.3, -0.25) is 0 Å². The van der Waals surface area contributed by atoms with E-state index in [4.69, 9.17) is 11.6 Å². The Morgan fingerprint density at radius 2 is 1.67 bits per heavy atom. The molecular formula is C17H15ClN2S. The van der Waals surface area contributed by atoms with Crippen LogP contribution < -0.4 is 0 Å². The van der Waals surface area contributed by atoms with Crippen molar-refractivity contribution in [3.8, 4) is 0 Å². The van der Waals surface area contributed by atoms with Crippen LogP contribution in [0.3, 0.4) is 0 Å². The van der Waals surface area contributed by atoms with Gasteiger partial charge in [-0.1, -0.05) is 55.9 Å². The summed E-state index contributed by atoms with van der Waals surface area (Å²) in [6.07, 6.45) is 0. The fourth-order valence-corrected chi connectivity index (χ4v) is 3.27. The predicted octanol–water partition coefficient (Wildman–Crippen LogP) is 5.56. The number of nitrogens with zero attached hydrogens (tertiary/aromatic N) is 2. The Morgan fingerprint density at radius 3 is 2.38 bits per heavy atom. The van der Waals surface area contributed by atoms with Crippen molar-refractivity contribution >= 4 is 34.3 Å². The number of halogens is 1. The number of para-hydroxylation sites is 1. The van der Waals surface area contributed by atoms with Gasteiger partial charge in [0.15, 0.2) is 0 Å². The number of hydrogen-bond acceptors (Lipinski definition) is 3. The van der Waals surface area contributed by atoms with Crippen molar-refractivity contribution in [3.05, 3.63) is 59.4 Å². The van der Waals surface area contributed by atoms with Crippen molar-refractivity contribution in [2.24, 2.45) is 0 Å². The SMILES string of the molecule is CC(C)c1ccc(Sc2nc(Cl)nc3ccccc23)cc1. The van der Waals surface area contributed by atoms with Gasteiger partial charge in [0, 0.05) is 10.3 Å². The lowest BCUT2D eigenvalue weighted by molar-refractivity contribution is 0.865. The molecule has 0 aliphatic carbocycles. The third-order valence-corrected chi connectivity index (χ3v) is 4.48. The highest BCUT2D eigenvalue weighted by molar-refractivity contribution is 7.99. The van der Waals surface area contributed by atoms with Gasteiger partial charge in [-0.25, -0.2) is 9.97 Å². The average Bonchev–Trinajstić information content (AvgIpc) is 2.47. The molecule has 0 aliphatic rings. The van der Waals surface area contributed by atoms with E-state index >= 15 is 0 Å². The number of aromatic nitrogens is 2. The monoisotopic (exact) mass is 314 g/mol. The predicted molar refractivity (Wildman–Crippen MR) is 89.2 cm³/mol. The van der Waals surface area contributed by atoms with Crippen LogP contribution in [0.1, 0.15) is 25.3 Å². The molecule has 2 aromatic carbocycles. The molecule has 0 atom stereocenters. The minimum absolute atomic E-state index is 0.287. The molecule has 3 aromatic rings. The molecule has 21 heavy (non-hydrogen) atoms. The lowest BCUT2D eigenvalue weighted by Crippen LogP contribution is -1.90. The zero-order chi connectivity index (χ0) is 14.8. The largest absolute Gasteiger partial charge is 0.224 e. The number of benzene rings is 2. The van der Waals surface area contributed by atoms with Gasteiger partial charge in [0.1, 0.15) is 5.03 Å². The van der Waals surface area contributed by atoms with Crippen molar-refractivity contribution in [3.63, 3.8) is 0 Å². The van der Waals surface area contributed by atoms with E-state index in [-0.39, 0.29) is 5.28 Å². The van der Waals surface area contributed by atoms with E-state index in [1.165, 1.54) is 5.56 Å². The van der Waals surface area contributed by atoms with Gasteiger partial charge in [-0.05, 0) is 41.3 Å². The molecule has 0 bridgehead atoms. The van der Waals surface area contributed by atoms with Crippen LogP contribution in [0.4, 0.5) is 0 Å². The zero-order valence-electron chi connectivity index (χ0n) is 11.9. The Kier molecular flexibility index (Phi) is 4.13. The molecule has 1 aromatic heterocycles. The Hall–Kier alpha value is -1.58. The van der Waals surface area contributed by atoms with Crippen LogP contribution in [-0.2, 0) is 0 Å². The van der Waals surface area contributed by atoms with Gasteiger partial charge in [0.2, 0.25) is 5.28 Å². The minimum atomic E-state index is 0.287. The van der Waals surface area contributed by atoms with Crippen molar-refractivity contribution in [2.45, 2.75) is 29.7 Å². The maximum Gasteiger partial charge on any atom is 0.224 e. The first-order chi connectivity index (χ1) is 10.1. The minimum Gasteiger partial charge on any atom is -0.218 e. The van der Waals surface area contributed by atoms with Gasteiger partial charge in [0.05, 0.1) is 5.52 Å². The van der Waals surface area contributed by atoms with Crippen LogP contribution >= 0.6 is 23.4 Å². The zero-order valence-corrected chi connectivity index (χ0v) is 13.4. The Morgan fingerprint density at radius 1 is 0.952 bits per heavy atom. The first kappa shape index (κ1) is 14.4. The summed E-state index contributed by atoms with van der Waals surface area (Å²) >= 11 is 7.64. The molecule has 0 spiro atoms. The van der Waals surface area contributed by atoms with E-state index in [2.05, 4.69) is 48.1 Å². The lowest BCUT2D eigenvalue weighted by Gasteiger charge is -2.08. The van der Waals surface area contributed by atoms with E-state index in [0.717, 1.165) is 20.8 Å². The second-order valence-electron chi connectivity index (χ2n) is 5.14. The molecule has 106 valence electrons. The van der Waals surface area contributed by atoms with E-state index in [1.807, 2.05) is 24.3 Å². The van der Waals surface area contributed by atoms with E-state index < -0.39 is 0 Å². The smallest absolute Gasteiger partial charge is 0.218 e. The second kappa shape index (κ2) is 6.04. The van der Waals surface area contributed by atoms with Gasteiger partial charge < -0.3 is 0 Å². The average molecular weight is 315 g/mol. The third kappa shape index (κ3) is 3.20. The first-order valence-corrected chi connectivity index (χ1v) is 8.03. The summed E-state index contributed by atoms with van der Waals surface area (Å²) in [6.45, 7) is 4.39. The summed E-state index contributed by atoms with van der Waals surface area (Å²) in [5.74, 6) is 0.540. The molecule has 0 unspecified atom stereocenters. The highest BCUT2D eigenvalue weighted by atomic mass is 35.5. The maximum absolute atomic E-state index is 6.02. The van der Waals surface area contributed by atoms with E-state index in [1.54, 1.807) is 11.8 Å². The molecule has 0 radical (unpaired) electrons. The maximum atomic E-state index is 6.02. The van der Waals surface area contributed by atoms with E-state index in [0.29, 0.717) is 5.92 Å². The number of fused-ring (bicyclic) bond motifs is 1. The first-order valence-electron chi connectivity index (χ1n) is 6.83. The number of hydrogen-bond donors (Lipinski definition) is 0. The molecule has 4 heteroatoms. The van der Waals surface area contributed by atoms with Crippen LogP contribution in [0.15, 0.2) is 58.5 Å². The van der Waals surface area contributed by atoms with Crippen LogP contribution in [-0.4, -0.2) is 9.97 Å². The van der Waals surface area contributed by atoms with Gasteiger partial charge in [-0.2, -0.15) is 0 Å². The molecule has 1 heterocycles. The van der Waals surface area contributed by atoms with Gasteiger partial charge in [0.25, 0.3) is 0 Å². The summed E-state index contributed by atoms with van der Waals surface area (Å²) < 4.78 is 0. The molecule has 0 saturated heterocycles. The lowest BCUT2D eigenvalue weighted by atomic mass is 10.0. The number of rotatable bonds is 3. The Labute approximate surface area is 133 Å². The quantitative estimate of drug-likeness (QED) is 0.467. The summed E-state index contributed by atoms with van der Waals surface area (Å²) in [4.78, 5) is 9.78. The van der Waals surface area contributed by atoms with Crippen LogP contribution in [0.2, 0.25) is 5.28 Å². The summed E-state index contributed by atoms with van der Waals surface area (Å²) in [5, 5.41) is 2.21. The summed E-state index contributed by atoms with van der Waals surface area (Å²) in [7, 11) is 0. The molecule has 2 nitrogen and oxygen atoms in total. The Balaban J connectivity index is 1.97.